The summed E-state index contributed by atoms with van der Waals surface area (Å²) in [6.45, 7) is 2.04. The van der Waals surface area contributed by atoms with E-state index in [9.17, 15) is 0 Å². The molecule has 2 aromatic carbocycles. The number of nitrogens with zero attached hydrogens (tertiary/aromatic N) is 1. The van der Waals surface area contributed by atoms with Crippen LogP contribution in [-0.2, 0) is 0 Å². The molecule has 0 fully saturated rings. The number of fused-ring (bicyclic) bond motifs is 1. The van der Waals surface area contributed by atoms with Gasteiger partial charge in [0.05, 0.1) is 21.7 Å². The highest BCUT2D eigenvalue weighted by Crippen LogP contribution is 2.28. The maximum Gasteiger partial charge on any atom is 0.182 e. The number of hydrogen-bond donors (Lipinski definition) is 1. The normalized spacial score (nSPS) is 11.1. The topological polar surface area (TPSA) is 20.7 Å². The number of nitrogens with one attached hydrogen (secondary N) is 1. The summed E-state index contributed by atoms with van der Waals surface area (Å²) in [6, 6.07) is 11.5. The number of H-pyrrole nitrogens is 1. The fourth-order valence-electron chi connectivity index (χ4n) is 2.11. The van der Waals surface area contributed by atoms with Gasteiger partial charge in [0.1, 0.15) is 0 Å². The van der Waals surface area contributed by atoms with Crippen LogP contribution < -0.4 is 0 Å². The van der Waals surface area contributed by atoms with Crippen molar-refractivity contribution < 1.29 is 0 Å². The van der Waals surface area contributed by atoms with Gasteiger partial charge in [-0.15, -0.1) is 0 Å². The van der Waals surface area contributed by atoms with Crippen molar-refractivity contribution in [3.8, 4) is 5.69 Å². The summed E-state index contributed by atoms with van der Waals surface area (Å²) in [7, 11) is 0. The van der Waals surface area contributed by atoms with Crippen molar-refractivity contribution in [3.63, 3.8) is 0 Å². The molecule has 19 heavy (non-hydrogen) atoms. The highest BCUT2D eigenvalue weighted by Gasteiger charge is 2.10. The fourth-order valence-corrected chi connectivity index (χ4v) is 2.91. The first-order valence-electron chi connectivity index (χ1n) is 5.73. The Kier molecular flexibility index (Phi) is 3.13. The molecule has 0 aliphatic carbocycles. The monoisotopic (exact) mass is 308 g/mol. The maximum atomic E-state index is 6.27. The second kappa shape index (κ2) is 4.67. The molecule has 5 heteroatoms. The molecule has 1 aromatic heterocycles. The molecule has 0 atom stereocenters. The van der Waals surface area contributed by atoms with Crippen molar-refractivity contribution >= 4 is 46.5 Å². The average molecular weight is 309 g/mol. The Morgan fingerprint density at radius 3 is 2.63 bits per heavy atom. The number of aryl methyl sites for hydroxylation is 1. The van der Waals surface area contributed by atoms with E-state index in [0.29, 0.717) is 14.8 Å². The van der Waals surface area contributed by atoms with Crippen LogP contribution in [0.15, 0.2) is 36.4 Å². The zero-order chi connectivity index (χ0) is 13.6. The van der Waals surface area contributed by atoms with Crippen LogP contribution in [0.25, 0.3) is 16.7 Å². The average Bonchev–Trinajstić information content (AvgIpc) is 2.65. The van der Waals surface area contributed by atoms with Crippen molar-refractivity contribution in [2.24, 2.45) is 0 Å². The zero-order valence-electron chi connectivity index (χ0n) is 10.1. The SMILES string of the molecule is Cc1ccc2[nH]c(=S)n(-c3ccc(Cl)cc3Cl)c2c1. The Morgan fingerprint density at radius 1 is 1.11 bits per heavy atom. The first-order valence-corrected chi connectivity index (χ1v) is 6.89. The number of aromatic amines is 1. The minimum Gasteiger partial charge on any atom is -0.330 e. The van der Waals surface area contributed by atoms with Crippen molar-refractivity contribution in [2.75, 3.05) is 0 Å². The first kappa shape index (κ1) is 12.7. The van der Waals surface area contributed by atoms with Crippen LogP contribution in [0.5, 0.6) is 0 Å². The number of halogens is 2. The van der Waals surface area contributed by atoms with Gasteiger partial charge in [-0.1, -0.05) is 29.3 Å². The number of hydrogen-bond acceptors (Lipinski definition) is 1. The highest BCUT2D eigenvalue weighted by molar-refractivity contribution is 7.71. The number of rotatable bonds is 1. The predicted molar refractivity (Wildman–Crippen MR) is 83.2 cm³/mol. The molecule has 0 amide bonds. The van der Waals surface area contributed by atoms with Crippen LogP contribution in [-0.4, -0.2) is 9.55 Å². The molecule has 0 saturated heterocycles. The molecule has 3 rings (SSSR count). The lowest BCUT2D eigenvalue weighted by Gasteiger charge is -2.07. The molecule has 0 saturated carbocycles. The van der Waals surface area contributed by atoms with Gasteiger partial charge in [0.15, 0.2) is 4.77 Å². The molecule has 0 unspecified atom stereocenters. The van der Waals surface area contributed by atoms with Gasteiger partial charge in [-0.25, -0.2) is 0 Å². The van der Waals surface area contributed by atoms with Crippen LogP contribution in [0.4, 0.5) is 0 Å². The van der Waals surface area contributed by atoms with Crippen molar-refractivity contribution in [2.45, 2.75) is 6.92 Å². The van der Waals surface area contributed by atoms with E-state index in [1.807, 2.05) is 29.7 Å². The molecule has 2 nitrogen and oxygen atoms in total. The van der Waals surface area contributed by atoms with Crippen molar-refractivity contribution in [1.82, 2.24) is 9.55 Å². The van der Waals surface area contributed by atoms with Gasteiger partial charge in [-0.05, 0) is 55.0 Å². The quantitative estimate of drug-likeness (QED) is 0.605. The van der Waals surface area contributed by atoms with E-state index in [4.69, 9.17) is 35.4 Å². The molecule has 0 aliphatic rings. The van der Waals surface area contributed by atoms with Crippen LogP contribution in [0.1, 0.15) is 5.56 Å². The molecule has 3 aromatic rings. The third-order valence-corrected chi connectivity index (χ3v) is 3.81. The molecule has 1 heterocycles. The number of benzene rings is 2. The largest absolute Gasteiger partial charge is 0.330 e. The van der Waals surface area contributed by atoms with Crippen LogP contribution in [0.3, 0.4) is 0 Å². The summed E-state index contributed by atoms with van der Waals surface area (Å²) in [5.41, 5.74) is 3.99. The minimum absolute atomic E-state index is 0.575. The van der Waals surface area contributed by atoms with Gasteiger partial charge in [-0.3, -0.25) is 4.57 Å². The van der Waals surface area contributed by atoms with Gasteiger partial charge in [0.2, 0.25) is 0 Å². The smallest absolute Gasteiger partial charge is 0.182 e. The molecule has 0 aliphatic heterocycles. The Labute approximate surface area is 125 Å². The van der Waals surface area contributed by atoms with E-state index in [2.05, 4.69) is 11.1 Å². The molecular weight excluding hydrogens is 299 g/mol. The predicted octanol–water partition coefficient (Wildman–Crippen LogP) is 5.30. The van der Waals surface area contributed by atoms with Gasteiger partial charge < -0.3 is 4.98 Å². The van der Waals surface area contributed by atoms with E-state index >= 15 is 0 Å². The Morgan fingerprint density at radius 2 is 1.89 bits per heavy atom. The molecule has 0 bridgehead atoms. The Balaban J connectivity index is 2.38. The summed E-state index contributed by atoms with van der Waals surface area (Å²) in [5.74, 6) is 0. The third-order valence-electron chi connectivity index (χ3n) is 2.99. The summed E-state index contributed by atoms with van der Waals surface area (Å²) in [5, 5.41) is 1.18. The van der Waals surface area contributed by atoms with E-state index in [1.165, 1.54) is 5.56 Å². The van der Waals surface area contributed by atoms with Gasteiger partial charge in [0.25, 0.3) is 0 Å². The van der Waals surface area contributed by atoms with E-state index in [1.54, 1.807) is 12.1 Å². The lowest BCUT2D eigenvalue weighted by Crippen LogP contribution is -1.95. The van der Waals surface area contributed by atoms with Crippen molar-refractivity contribution in [3.05, 3.63) is 56.8 Å². The highest BCUT2D eigenvalue weighted by atomic mass is 35.5. The third kappa shape index (κ3) is 2.18. The van der Waals surface area contributed by atoms with Gasteiger partial charge >= 0.3 is 0 Å². The lowest BCUT2D eigenvalue weighted by molar-refractivity contribution is 1.06. The Hall–Kier alpha value is -1.29. The number of aromatic nitrogens is 2. The summed E-state index contributed by atoms with van der Waals surface area (Å²) < 4.78 is 2.54. The zero-order valence-corrected chi connectivity index (χ0v) is 12.4. The Bertz CT molecular complexity index is 833. The summed E-state index contributed by atoms with van der Waals surface area (Å²) in [6.07, 6.45) is 0. The van der Waals surface area contributed by atoms with E-state index in [-0.39, 0.29) is 0 Å². The maximum absolute atomic E-state index is 6.27. The van der Waals surface area contributed by atoms with Crippen molar-refractivity contribution in [1.29, 1.82) is 0 Å². The molecule has 1 N–H and O–H groups in total. The van der Waals surface area contributed by atoms with Crippen LogP contribution in [0, 0.1) is 11.7 Å². The molecular formula is C14H10Cl2N2S. The second-order valence-corrected chi connectivity index (χ2v) is 5.61. The summed E-state index contributed by atoms with van der Waals surface area (Å²) >= 11 is 17.6. The standard InChI is InChI=1S/C14H10Cl2N2S/c1-8-2-4-11-13(6-8)18(14(19)17-11)12-5-3-9(15)7-10(12)16/h2-7H,1H3,(H,17,19). The second-order valence-electron chi connectivity index (χ2n) is 4.38. The lowest BCUT2D eigenvalue weighted by atomic mass is 10.2. The molecule has 0 radical (unpaired) electrons. The van der Waals surface area contributed by atoms with Gasteiger partial charge in [-0.2, -0.15) is 0 Å². The van der Waals surface area contributed by atoms with Gasteiger partial charge in [0, 0.05) is 5.02 Å². The van der Waals surface area contributed by atoms with Crippen LogP contribution >= 0.6 is 35.4 Å². The fraction of sp³-hybridized carbons (Fsp3) is 0.0714. The van der Waals surface area contributed by atoms with Crippen LogP contribution in [0.2, 0.25) is 10.0 Å². The number of imidazole rings is 1. The molecule has 96 valence electrons. The summed E-state index contributed by atoms with van der Waals surface area (Å²) in [4.78, 5) is 3.18. The molecule has 0 spiro atoms. The first-order chi connectivity index (χ1) is 9.06. The minimum atomic E-state index is 0.575. The van der Waals surface area contributed by atoms with E-state index < -0.39 is 0 Å². The van der Waals surface area contributed by atoms with E-state index in [0.717, 1.165) is 16.7 Å².